The summed E-state index contributed by atoms with van der Waals surface area (Å²) in [6.07, 6.45) is 0.742. The number of carbonyl (C=O) groups excluding carboxylic acids is 1. The lowest BCUT2D eigenvalue weighted by Gasteiger charge is -2.14. The Kier molecular flexibility index (Phi) is 5.22. The number of amides is 1. The Morgan fingerprint density at radius 1 is 1.44 bits per heavy atom. The van der Waals surface area contributed by atoms with Gasteiger partial charge in [0.25, 0.3) is 5.92 Å². The van der Waals surface area contributed by atoms with E-state index in [4.69, 9.17) is 5.73 Å². The van der Waals surface area contributed by atoms with Crippen LogP contribution in [0.25, 0.3) is 0 Å². The van der Waals surface area contributed by atoms with Crippen LogP contribution in [0.4, 0.5) is 8.78 Å². The molecule has 0 aliphatic rings. The Hall–Kier alpha value is -1.49. The van der Waals surface area contributed by atoms with Gasteiger partial charge < -0.3 is 11.1 Å². The first-order valence-corrected chi connectivity index (χ1v) is 5.83. The van der Waals surface area contributed by atoms with E-state index in [2.05, 4.69) is 5.32 Å². The van der Waals surface area contributed by atoms with Crippen molar-refractivity contribution >= 4 is 5.91 Å². The lowest BCUT2D eigenvalue weighted by molar-refractivity contribution is -0.122. The summed E-state index contributed by atoms with van der Waals surface area (Å²) in [6.45, 7) is 0.507. The number of hydrogen-bond donors (Lipinski definition) is 2. The van der Waals surface area contributed by atoms with Crippen molar-refractivity contribution in [3.05, 3.63) is 35.4 Å². The zero-order valence-corrected chi connectivity index (χ0v) is 10.4. The van der Waals surface area contributed by atoms with Gasteiger partial charge in [-0.1, -0.05) is 29.8 Å². The summed E-state index contributed by atoms with van der Waals surface area (Å²) in [4.78, 5) is 11.4. The van der Waals surface area contributed by atoms with Crippen LogP contribution in [-0.2, 0) is 11.2 Å². The second-order valence-electron chi connectivity index (χ2n) is 4.33. The molecule has 100 valence electrons. The van der Waals surface area contributed by atoms with E-state index in [1.165, 1.54) is 0 Å². The first-order valence-electron chi connectivity index (χ1n) is 5.83. The van der Waals surface area contributed by atoms with Gasteiger partial charge in [0.05, 0.1) is 13.1 Å². The molecule has 0 aliphatic heterocycles. The number of carbonyl (C=O) groups is 1. The Labute approximate surface area is 105 Å². The molecule has 3 nitrogen and oxygen atoms in total. The molecule has 0 bridgehead atoms. The Bertz CT molecular complexity index is 408. The zero-order chi connectivity index (χ0) is 13.6. The van der Waals surface area contributed by atoms with Gasteiger partial charge in [-0.3, -0.25) is 4.79 Å². The highest BCUT2D eigenvalue weighted by atomic mass is 19.3. The van der Waals surface area contributed by atoms with Crippen LogP contribution < -0.4 is 11.1 Å². The SMILES string of the molecule is Cc1cccc(CCC(=O)NCC(F)(F)CN)c1. The highest BCUT2D eigenvalue weighted by molar-refractivity contribution is 5.76. The number of alkyl halides is 2. The van der Waals surface area contributed by atoms with Gasteiger partial charge in [-0.15, -0.1) is 0 Å². The third kappa shape index (κ3) is 5.23. The monoisotopic (exact) mass is 256 g/mol. The fourth-order valence-corrected chi connectivity index (χ4v) is 1.51. The number of hydrogen-bond acceptors (Lipinski definition) is 2. The number of nitrogens with one attached hydrogen (secondary N) is 1. The smallest absolute Gasteiger partial charge is 0.277 e. The van der Waals surface area contributed by atoms with Crippen molar-refractivity contribution in [3.8, 4) is 0 Å². The van der Waals surface area contributed by atoms with Crippen molar-refractivity contribution in [3.63, 3.8) is 0 Å². The molecule has 0 spiro atoms. The maximum atomic E-state index is 12.8. The highest BCUT2D eigenvalue weighted by Crippen LogP contribution is 2.09. The third-order valence-electron chi connectivity index (χ3n) is 2.57. The van der Waals surface area contributed by atoms with Gasteiger partial charge in [0.15, 0.2) is 0 Å². The second kappa shape index (κ2) is 6.44. The van der Waals surface area contributed by atoms with Crippen LogP contribution in [0.5, 0.6) is 0 Å². The minimum absolute atomic E-state index is 0.199. The molecule has 0 fully saturated rings. The van der Waals surface area contributed by atoms with Crippen molar-refractivity contribution in [1.29, 1.82) is 0 Å². The summed E-state index contributed by atoms with van der Waals surface area (Å²) in [5.41, 5.74) is 7.01. The molecule has 0 saturated heterocycles. The van der Waals surface area contributed by atoms with E-state index < -0.39 is 19.0 Å². The molecule has 1 rings (SSSR count). The molecule has 0 aromatic heterocycles. The molecule has 1 aromatic carbocycles. The van der Waals surface area contributed by atoms with Gasteiger partial charge >= 0.3 is 0 Å². The van der Waals surface area contributed by atoms with Crippen LogP contribution in [0.15, 0.2) is 24.3 Å². The number of halogens is 2. The topological polar surface area (TPSA) is 55.1 Å². The van der Waals surface area contributed by atoms with E-state index in [1.54, 1.807) is 0 Å². The molecule has 0 heterocycles. The van der Waals surface area contributed by atoms with E-state index >= 15 is 0 Å². The standard InChI is InChI=1S/C13H18F2N2O/c1-10-3-2-4-11(7-10)5-6-12(18)17-9-13(14,15)8-16/h2-4,7H,5-6,8-9,16H2,1H3,(H,17,18). The summed E-state index contributed by atoms with van der Waals surface area (Å²) < 4.78 is 25.6. The summed E-state index contributed by atoms with van der Waals surface area (Å²) in [7, 11) is 0. The Morgan fingerprint density at radius 3 is 2.78 bits per heavy atom. The number of rotatable bonds is 6. The number of nitrogens with two attached hydrogens (primary N) is 1. The summed E-state index contributed by atoms with van der Waals surface area (Å²) in [6, 6.07) is 7.76. The molecular weight excluding hydrogens is 238 g/mol. The molecule has 0 unspecified atom stereocenters. The molecule has 0 aliphatic carbocycles. The third-order valence-corrected chi connectivity index (χ3v) is 2.57. The molecule has 0 atom stereocenters. The lowest BCUT2D eigenvalue weighted by atomic mass is 10.1. The van der Waals surface area contributed by atoms with Crippen LogP contribution in [-0.4, -0.2) is 24.9 Å². The van der Waals surface area contributed by atoms with Crippen molar-refractivity contribution in [2.75, 3.05) is 13.1 Å². The van der Waals surface area contributed by atoms with Crippen LogP contribution >= 0.6 is 0 Å². The Balaban J connectivity index is 2.34. The van der Waals surface area contributed by atoms with Crippen LogP contribution in [0, 0.1) is 6.92 Å². The minimum Gasteiger partial charge on any atom is -0.350 e. The van der Waals surface area contributed by atoms with Gasteiger partial charge in [0.2, 0.25) is 5.91 Å². The summed E-state index contributed by atoms with van der Waals surface area (Å²) in [5.74, 6) is -3.41. The molecule has 5 heteroatoms. The maximum absolute atomic E-state index is 12.8. The predicted molar refractivity (Wildman–Crippen MR) is 66.5 cm³/mol. The first-order chi connectivity index (χ1) is 8.43. The van der Waals surface area contributed by atoms with E-state index in [0.717, 1.165) is 11.1 Å². The van der Waals surface area contributed by atoms with Crippen molar-refractivity contribution in [1.82, 2.24) is 5.32 Å². The van der Waals surface area contributed by atoms with E-state index in [9.17, 15) is 13.6 Å². The average Bonchev–Trinajstić information content (AvgIpc) is 2.34. The molecule has 3 N–H and O–H groups in total. The number of aryl methyl sites for hydroxylation is 2. The van der Waals surface area contributed by atoms with Crippen molar-refractivity contribution in [2.45, 2.75) is 25.7 Å². The fourth-order valence-electron chi connectivity index (χ4n) is 1.51. The molecule has 1 aromatic rings. The van der Waals surface area contributed by atoms with E-state index in [1.807, 2.05) is 31.2 Å². The second-order valence-corrected chi connectivity index (χ2v) is 4.33. The van der Waals surface area contributed by atoms with Crippen molar-refractivity contribution in [2.24, 2.45) is 5.73 Å². The van der Waals surface area contributed by atoms with Crippen LogP contribution in [0.3, 0.4) is 0 Å². The lowest BCUT2D eigenvalue weighted by Crippen LogP contribution is -2.41. The van der Waals surface area contributed by atoms with Crippen LogP contribution in [0.2, 0.25) is 0 Å². The molecule has 0 saturated carbocycles. The minimum atomic E-state index is -3.03. The normalized spacial score (nSPS) is 11.3. The van der Waals surface area contributed by atoms with Gasteiger partial charge in [-0.25, -0.2) is 8.78 Å². The fraction of sp³-hybridized carbons (Fsp3) is 0.462. The maximum Gasteiger partial charge on any atom is 0.277 e. The van der Waals surface area contributed by atoms with Gasteiger partial charge in [-0.05, 0) is 18.9 Å². The molecule has 1 amide bonds. The summed E-state index contributed by atoms with van der Waals surface area (Å²) >= 11 is 0. The van der Waals surface area contributed by atoms with E-state index in [0.29, 0.717) is 6.42 Å². The molecular formula is C13H18F2N2O. The quantitative estimate of drug-likeness (QED) is 0.813. The molecule has 0 radical (unpaired) electrons. The first kappa shape index (κ1) is 14.6. The molecule has 18 heavy (non-hydrogen) atoms. The Morgan fingerprint density at radius 2 is 2.17 bits per heavy atom. The predicted octanol–water partition coefficient (Wildman–Crippen LogP) is 1.64. The van der Waals surface area contributed by atoms with Gasteiger partial charge in [0.1, 0.15) is 0 Å². The largest absolute Gasteiger partial charge is 0.350 e. The zero-order valence-electron chi connectivity index (χ0n) is 10.4. The highest BCUT2D eigenvalue weighted by Gasteiger charge is 2.26. The van der Waals surface area contributed by atoms with Crippen molar-refractivity contribution < 1.29 is 13.6 Å². The average molecular weight is 256 g/mol. The number of benzene rings is 1. The summed E-state index contributed by atoms with van der Waals surface area (Å²) in [5, 5.41) is 2.19. The van der Waals surface area contributed by atoms with Crippen LogP contribution in [0.1, 0.15) is 17.5 Å². The van der Waals surface area contributed by atoms with E-state index in [-0.39, 0.29) is 12.3 Å². The van der Waals surface area contributed by atoms with Gasteiger partial charge in [-0.2, -0.15) is 0 Å². The van der Waals surface area contributed by atoms with Gasteiger partial charge in [0, 0.05) is 6.42 Å².